The fourth-order valence-electron chi connectivity index (χ4n) is 3.48. The van der Waals surface area contributed by atoms with Crippen LogP contribution >= 0.6 is 15.9 Å². The van der Waals surface area contributed by atoms with Crippen LogP contribution in [0.5, 0.6) is 0 Å². The second kappa shape index (κ2) is 19.2. The fourth-order valence-corrected chi connectivity index (χ4v) is 3.88. The normalized spacial score (nSPS) is 11.5. The molecule has 1 nitrogen and oxygen atoms in total. The minimum atomic E-state index is 0. The summed E-state index contributed by atoms with van der Waals surface area (Å²) in [5, 5.41) is 1.17. The lowest BCUT2D eigenvalue weighted by atomic mass is 10.1. The van der Waals surface area contributed by atoms with Crippen LogP contribution in [0.1, 0.15) is 97.8 Å². The van der Waals surface area contributed by atoms with Gasteiger partial charge < -0.3 is 21.5 Å². The molecule has 0 aliphatic heterocycles. The number of nitrogens with zero attached hydrogens (tertiary/aromatic N) is 1. The number of quaternary nitrogens is 1. The SMILES string of the molecule is CCCCCC[N+](CCCCC)(CCCCC)CCCCBr.[Br-]. The Morgan fingerprint density at radius 1 is 0.522 bits per heavy atom. The van der Waals surface area contributed by atoms with Gasteiger partial charge >= 0.3 is 0 Å². The van der Waals surface area contributed by atoms with Crippen molar-refractivity contribution in [2.45, 2.75) is 97.8 Å². The molecule has 0 aliphatic rings. The minimum Gasteiger partial charge on any atom is -1.00 e. The van der Waals surface area contributed by atoms with E-state index in [1.165, 1.54) is 113 Å². The molecule has 3 heteroatoms. The van der Waals surface area contributed by atoms with Crippen molar-refractivity contribution in [1.29, 1.82) is 0 Å². The number of rotatable bonds is 17. The summed E-state index contributed by atoms with van der Waals surface area (Å²) in [5.41, 5.74) is 0. The molecule has 0 saturated heterocycles. The highest BCUT2D eigenvalue weighted by molar-refractivity contribution is 9.09. The molecule has 23 heavy (non-hydrogen) atoms. The van der Waals surface area contributed by atoms with E-state index in [1.807, 2.05) is 0 Å². The number of alkyl halides is 1. The second-order valence-electron chi connectivity index (χ2n) is 7.11. The minimum absolute atomic E-state index is 0. The Morgan fingerprint density at radius 3 is 1.26 bits per heavy atom. The van der Waals surface area contributed by atoms with Crippen LogP contribution in [0, 0.1) is 0 Å². The van der Waals surface area contributed by atoms with Crippen LogP contribution in [-0.4, -0.2) is 36.0 Å². The quantitative estimate of drug-likeness (QED) is 0.176. The molecule has 0 atom stereocenters. The van der Waals surface area contributed by atoms with Crippen molar-refractivity contribution < 1.29 is 21.5 Å². The van der Waals surface area contributed by atoms with E-state index in [0.29, 0.717) is 0 Å². The Balaban J connectivity index is 0. The first-order chi connectivity index (χ1) is 10.7. The van der Waals surface area contributed by atoms with Gasteiger partial charge in [0.15, 0.2) is 0 Å². The smallest absolute Gasteiger partial charge is 0.0786 e. The summed E-state index contributed by atoms with van der Waals surface area (Å²) in [6.07, 6.45) is 16.8. The van der Waals surface area contributed by atoms with Crippen molar-refractivity contribution in [3.8, 4) is 0 Å². The van der Waals surface area contributed by atoms with Crippen LogP contribution in [0.15, 0.2) is 0 Å². The molecule has 0 N–H and O–H groups in total. The third-order valence-electron chi connectivity index (χ3n) is 4.97. The first kappa shape index (κ1) is 26.2. The van der Waals surface area contributed by atoms with Crippen molar-refractivity contribution in [2.75, 3.05) is 31.5 Å². The summed E-state index contributed by atoms with van der Waals surface area (Å²) in [7, 11) is 0. The Hall–Kier alpha value is 0.920. The van der Waals surface area contributed by atoms with Gasteiger partial charge in [-0.25, -0.2) is 0 Å². The average Bonchev–Trinajstić information content (AvgIpc) is 2.52. The van der Waals surface area contributed by atoms with Crippen molar-refractivity contribution in [2.24, 2.45) is 0 Å². The number of hydrogen-bond acceptors (Lipinski definition) is 0. The molecule has 0 amide bonds. The Bertz CT molecular complexity index is 195. The Labute approximate surface area is 166 Å². The highest BCUT2D eigenvalue weighted by atomic mass is 79.9. The van der Waals surface area contributed by atoms with Gasteiger partial charge in [-0.3, -0.25) is 0 Å². The number of halogens is 2. The van der Waals surface area contributed by atoms with Crippen molar-refractivity contribution >= 4 is 15.9 Å². The van der Waals surface area contributed by atoms with Gasteiger partial charge in [0.05, 0.1) is 26.2 Å². The van der Waals surface area contributed by atoms with E-state index in [1.54, 1.807) is 0 Å². The molecule has 0 radical (unpaired) electrons. The molecule has 0 heterocycles. The summed E-state index contributed by atoms with van der Waals surface area (Å²) < 4.78 is 1.43. The largest absolute Gasteiger partial charge is 1.00 e. The van der Waals surface area contributed by atoms with Crippen LogP contribution in [0.25, 0.3) is 0 Å². The molecular formula is C20H43Br2N. The zero-order valence-electron chi connectivity index (χ0n) is 16.2. The first-order valence-corrected chi connectivity index (χ1v) is 11.3. The van der Waals surface area contributed by atoms with E-state index < -0.39 is 0 Å². The lowest BCUT2D eigenvalue weighted by Crippen LogP contribution is -3.00. The van der Waals surface area contributed by atoms with Crippen molar-refractivity contribution in [1.82, 2.24) is 0 Å². The van der Waals surface area contributed by atoms with Gasteiger partial charge in [0.1, 0.15) is 0 Å². The van der Waals surface area contributed by atoms with E-state index in [0.717, 1.165) is 0 Å². The third-order valence-corrected chi connectivity index (χ3v) is 5.53. The van der Waals surface area contributed by atoms with Crippen molar-refractivity contribution in [3.63, 3.8) is 0 Å². The molecule has 0 bridgehead atoms. The molecule has 0 aromatic heterocycles. The van der Waals surface area contributed by atoms with E-state index in [9.17, 15) is 0 Å². The summed E-state index contributed by atoms with van der Waals surface area (Å²) >= 11 is 3.61. The van der Waals surface area contributed by atoms with Gasteiger partial charge in [0.25, 0.3) is 0 Å². The topological polar surface area (TPSA) is 0 Å². The van der Waals surface area contributed by atoms with Gasteiger partial charge in [-0.05, 0) is 51.4 Å². The first-order valence-electron chi connectivity index (χ1n) is 10.2. The molecule has 0 fully saturated rings. The van der Waals surface area contributed by atoms with Crippen LogP contribution in [0.3, 0.4) is 0 Å². The Kier molecular flexibility index (Phi) is 21.9. The summed E-state index contributed by atoms with van der Waals surface area (Å²) in [5.74, 6) is 0. The van der Waals surface area contributed by atoms with Gasteiger partial charge in [-0.15, -0.1) is 0 Å². The van der Waals surface area contributed by atoms with E-state index >= 15 is 0 Å². The predicted molar refractivity (Wildman–Crippen MR) is 106 cm³/mol. The molecule has 0 unspecified atom stereocenters. The number of hydrogen-bond donors (Lipinski definition) is 0. The molecule has 0 aliphatic carbocycles. The van der Waals surface area contributed by atoms with Gasteiger partial charge in [0.2, 0.25) is 0 Å². The second-order valence-corrected chi connectivity index (χ2v) is 7.90. The fraction of sp³-hybridized carbons (Fsp3) is 1.00. The predicted octanol–water partition coefficient (Wildman–Crippen LogP) is 3.94. The van der Waals surface area contributed by atoms with Crippen LogP contribution in [0.2, 0.25) is 0 Å². The molecule has 0 aromatic rings. The summed E-state index contributed by atoms with van der Waals surface area (Å²) in [6.45, 7) is 12.7. The highest BCUT2D eigenvalue weighted by Crippen LogP contribution is 2.18. The molecule has 142 valence electrons. The lowest BCUT2D eigenvalue weighted by molar-refractivity contribution is -0.929. The molecule has 0 saturated carbocycles. The zero-order chi connectivity index (χ0) is 16.5. The average molecular weight is 457 g/mol. The van der Waals surface area contributed by atoms with Crippen molar-refractivity contribution in [3.05, 3.63) is 0 Å². The highest BCUT2D eigenvalue weighted by Gasteiger charge is 2.25. The maximum atomic E-state index is 3.61. The lowest BCUT2D eigenvalue weighted by Gasteiger charge is -2.39. The monoisotopic (exact) mass is 455 g/mol. The maximum Gasteiger partial charge on any atom is 0.0786 e. The third kappa shape index (κ3) is 14.9. The summed E-state index contributed by atoms with van der Waals surface area (Å²) in [6, 6.07) is 0. The molecule has 0 spiro atoms. The Morgan fingerprint density at radius 2 is 0.870 bits per heavy atom. The van der Waals surface area contributed by atoms with Crippen LogP contribution < -0.4 is 17.0 Å². The molecule has 0 rings (SSSR count). The zero-order valence-corrected chi connectivity index (χ0v) is 19.4. The summed E-state index contributed by atoms with van der Waals surface area (Å²) in [4.78, 5) is 0. The molecular weight excluding hydrogens is 414 g/mol. The number of unbranched alkanes of at least 4 members (excludes halogenated alkanes) is 8. The maximum absolute atomic E-state index is 3.61. The van der Waals surface area contributed by atoms with Crippen LogP contribution in [-0.2, 0) is 0 Å². The van der Waals surface area contributed by atoms with E-state index in [2.05, 4.69) is 36.7 Å². The van der Waals surface area contributed by atoms with Gasteiger partial charge in [-0.2, -0.15) is 0 Å². The van der Waals surface area contributed by atoms with Crippen LogP contribution in [0.4, 0.5) is 0 Å². The van der Waals surface area contributed by atoms with Gasteiger partial charge in [-0.1, -0.05) is 62.4 Å². The van der Waals surface area contributed by atoms with E-state index in [4.69, 9.17) is 0 Å². The van der Waals surface area contributed by atoms with E-state index in [-0.39, 0.29) is 17.0 Å². The molecule has 0 aromatic carbocycles. The standard InChI is InChI=1S/C20H43BrN.BrH/c1-4-7-10-14-19-22(17-12-8-5-2,18-13-9-6-3)20-15-11-16-21;/h4-20H2,1-3H3;1H/q+1;/p-1. The van der Waals surface area contributed by atoms with Gasteiger partial charge in [0, 0.05) is 5.33 Å².